The highest BCUT2D eigenvalue weighted by Gasteiger charge is 2.15. The molecule has 0 saturated carbocycles. The van der Waals surface area contributed by atoms with Crippen molar-refractivity contribution in [1.82, 2.24) is 9.97 Å². The zero-order chi connectivity index (χ0) is 20.6. The number of benzene rings is 2. The summed E-state index contributed by atoms with van der Waals surface area (Å²) in [6.07, 6.45) is 1.81. The van der Waals surface area contributed by atoms with Crippen molar-refractivity contribution in [2.45, 2.75) is 26.7 Å². The Balaban J connectivity index is 1.83. The molecule has 0 atom stereocenters. The second-order valence-electron chi connectivity index (χ2n) is 6.33. The van der Waals surface area contributed by atoms with E-state index in [0.717, 1.165) is 18.2 Å². The van der Waals surface area contributed by atoms with Crippen molar-refractivity contribution in [1.29, 1.82) is 0 Å². The molecule has 29 heavy (non-hydrogen) atoms. The smallest absolute Gasteiger partial charge is 0.376 e. The van der Waals surface area contributed by atoms with Crippen LogP contribution in [0.1, 0.15) is 47.7 Å². The third-order valence-electron chi connectivity index (χ3n) is 4.18. The number of nitrogens with one attached hydrogen (secondary N) is 1. The van der Waals surface area contributed by atoms with E-state index in [2.05, 4.69) is 15.3 Å². The summed E-state index contributed by atoms with van der Waals surface area (Å²) < 4.78 is 10.2. The number of para-hydroxylation sites is 1. The molecule has 0 aliphatic rings. The van der Waals surface area contributed by atoms with Gasteiger partial charge in [0.25, 0.3) is 0 Å². The molecule has 0 amide bonds. The van der Waals surface area contributed by atoms with Crippen LogP contribution in [0, 0.1) is 0 Å². The highest BCUT2D eigenvalue weighted by atomic mass is 16.5. The lowest BCUT2D eigenvalue weighted by Crippen LogP contribution is -2.11. The van der Waals surface area contributed by atoms with Crippen LogP contribution in [0.3, 0.4) is 0 Å². The van der Waals surface area contributed by atoms with Crippen LogP contribution in [0.25, 0.3) is 10.9 Å². The molecule has 0 saturated heterocycles. The molecule has 7 nitrogen and oxygen atoms in total. The Morgan fingerprint density at radius 3 is 2.41 bits per heavy atom. The zero-order valence-corrected chi connectivity index (χ0v) is 16.5. The van der Waals surface area contributed by atoms with Gasteiger partial charge in [-0.2, -0.15) is 0 Å². The van der Waals surface area contributed by atoms with Crippen LogP contribution < -0.4 is 5.32 Å². The number of nitrogens with zero attached hydrogens (tertiary/aromatic N) is 2. The SMILES string of the molecule is CCCCOC(=O)c1ccc(Nc2nc(C(=O)OCC)nc3ccccc23)cc1. The van der Waals surface area contributed by atoms with Gasteiger partial charge in [-0.1, -0.05) is 25.5 Å². The summed E-state index contributed by atoms with van der Waals surface area (Å²) in [5.74, 6) is -0.449. The number of hydrogen-bond donors (Lipinski definition) is 1. The monoisotopic (exact) mass is 393 g/mol. The standard InChI is InChI=1S/C22H23N3O4/c1-3-5-14-29-21(26)15-10-12-16(13-11-15)23-19-17-8-6-7-9-18(17)24-20(25-19)22(27)28-4-2/h6-13H,3-5,14H2,1-2H3,(H,23,24,25). The largest absolute Gasteiger partial charge is 0.462 e. The van der Waals surface area contributed by atoms with E-state index >= 15 is 0 Å². The Kier molecular flexibility index (Phi) is 6.73. The first-order chi connectivity index (χ1) is 14.1. The number of rotatable bonds is 8. The maximum absolute atomic E-state index is 12.1. The lowest BCUT2D eigenvalue weighted by Gasteiger charge is -2.11. The minimum absolute atomic E-state index is 0.0100. The van der Waals surface area contributed by atoms with E-state index in [1.165, 1.54) is 0 Å². The highest BCUT2D eigenvalue weighted by Crippen LogP contribution is 2.24. The summed E-state index contributed by atoms with van der Waals surface area (Å²) in [4.78, 5) is 32.7. The van der Waals surface area contributed by atoms with E-state index < -0.39 is 5.97 Å². The summed E-state index contributed by atoms with van der Waals surface area (Å²) in [5, 5.41) is 3.96. The van der Waals surface area contributed by atoms with Crippen molar-refractivity contribution >= 4 is 34.3 Å². The zero-order valence-electron chi connectivity index (χ0n) is 16.5. The minimum Gasteiger partial charge on any atom is -0.462 e. The van der Waals surface area contributed by atoms with Crippen LogP contribution >= 0.6 is 0 Å². The molecule has 150 valence electrons. The first-order valence-corrected chi connectivity index (χ1v) is 9.60. The fourth-order valence-corrected chi connectivity index (χ4v) is 2.68. The highest BCUT2D eigenvalue weighted by molar-refractivity contribution is 5.95. The van der Waals surface area contributed by atoms with E-state index in [1.807, 2.05) is 25.1 Å². The predicted molar refractivity (Wildman–Crippen MR) is 110 cm³/mol. The quantitative estimate of drug-likeness (QED) is 0.445. The molecule has 7 heteroatoms. The van der Waals surface area contributed by atoms with Gasteiger partial charge in [-0.05, 0) is 49.7 Å². The molecule has 3 aromatic rings. The van der Waals surface area contributed by atoms with Gasteiger partial charge in [-0.25, -0.2) is 19.6 Å². The number of hydrogen-bond acceptors (Lipinski definition) is 7. The molecule has 0 aliphatic heterocycles. The molecule has 1 N–H and O–H groups in total. The molecule has 1 aromatic heterocycles. The minimum atomic E-state index is -0.577. The number of fused-ring (bicyclic) bond motifs is 1. The molecular formula is C22H23N3O4. The van der Waals surface area contributed by atoms with Crippen LogP contribution in [0.5, 0.6) is 0 Å². The van der Waals surface area contributed by atoms with E-state index in [1.54, 1.807) is 37.3 Å². The molecule has 3 rings (SSSR count). The van der Waals surface area contributed by atoms with Crippen molar-refractivity contribution in [3.8, 4) is 0 Å². The fraction of sp³-hybridized carbons (Fsp3) is 0.273. The number of anilines is 2. The van der Waals surface area contributed by atoms with Crippen molar-refractivity contribution < 1.29 is 19.1 Å². The maximum atomic E-state index is 12.1. The van der Waals surface area contributed by atoms with Crippen LogP contribution in [0.4, 0.5) is 11.5 Å². The number of carbonyl (C=O) groups is 2. The third-order valence-corrected chi connectivity index (χ3v) is 4.18. The number of unbranched alkanes of at least 4 members (excludes halogenated alkanes) is 1. The van der Waals surface area contributed by atoms with Crippen molar-refractivity contribution in [2.24, 2.45) is 0 Å². The van der Waals surface area contributed by atoms with Gasteiger partial charge < -0.3 is 14.8 Å². The topological polar surface area (TPSA) is 90.4 Å². The maximum Gasteiger partial charge on any atom is 0.376 e. The van der Waals surface area contributed by atoms with Crippen LogP contribution in [0.15, 0.2) is 48.5 Å². The number of carbonyl (C=O) groups excluding carboxylic acids is 2. The average Bonchev–Trinajstić information content (AvgIpc) is 2.74. The second kappa shape index (κ2) is 9.64. The van der Waals surface area contributed by atoms with Gasteiger partial charge in [-0.15, -0.1) is 0 Å². The molecular weight excluding hydrogens is 370 g/mol. The Hall–Kier alpha value is -3.48. The number of ether oxygens (including phenoxy) is 2. The lowest BCUT2D eigenvalue weighted by atomic mass is 10.2. The van der Waals surface area contributed by atoms with Crippen LogP contribution in [-0.2, 0) is 9.47 Å². The van der Waals surface area contributed by atoms with Gasteiger partial charge in [0.2, 0.25) is 5.82 Å². The fourth-order valence-electron chi connectivity index (χ4n) is 2.68. The summed E-state index contributed by atoms with van der Waals surface area (Å²) in [5.41, 5.74) is 1.82. The molecule has 0 fully saturated rings. The van der Waals surface area contributed by atoms with Crippen molar-refractivity contribution in [2.75, 3.05) is 18.5 Å². The molecule has 0 radical (unpaired) electrons. The van der Waals surface area contributed by atoms with Crippen molar-refractivity contribution in [3.05, 3.63) is 59.9 Å². The van der Waals surface area contributed by atoms with Gasteiger partial charge in [0.05, 0.1) is 24.3 Å². The number of aromatic nitrogens is 2. The first kappa shape index (κ1) is 20.3. The van der Waals surface area contributed by atoms with Gasteiger partial charge in [0.1, 0.15) is 5.82 Å². The second-order valence-corrected chi connectivity index (χ2v) is 6.33. The molecule has 0 bridgehead atoms. The summed E-state index contributed by atoms with van der Waals surface area (Å²) in [6, 6.07) is 14.3. The van der Waals surface area contributed by atoms with Gasteiger partial charge >= 0.3 is 11.9 Å². The summed E-state index contributed by atoms with van der Waals surface area (Å²) >= 11 is 0. The molecule has 0 spiro atoms. The van der Waals surface area contributed by atoms with Crippen LogP contribution in [0.2, 0.25) is 0 Å². The molecule has 0 aliphatic carbocycles. The van der Waals surface area contributed by atoms with Crippen molar-refractivity contribution in [3.63, 3.8) is 0 Å². The normalized spacial score (nSPS) is 10.6. The summed E-state index contributed by atoms with van der Waals surface area (Å²) in [7, 11) is 0. The molecule has 1 heterocycles. The lowest BCUT2D eigenvalue weighted by molar-refractivity contribution is 0.0495. The summed E-state index contributed by atoms with van der Waals surface area (Å²) in [6.45, 7) is 4.43. The average molecular weight is 393 g/mol. The Bertz CT molecular complexity index is 1000. The predicted octanol–water partition coefficient (Wildman–Crippen LogP) is 4.51. The van der Waals surface area contributed by atoms with E-state index in [9.17, 15) is 9.59 Å². The molecule has 2 aromatic carbocycles. The van der Waals surface area contributed by atoms with E-state index in [4.69, 9.17) is 9.47 Å². The Morgan fingerprint density at radius 2 is 1.69 bits per heavy atom. The first-order valence-electron chi connectivity index (χ1n) is 9.60. The Morgan fingerprint density at radius 1 is 0.931 bits per heavy atom. The third kappa shape index (κ3) is 5.07. The van der Waals surface area contributed by atoms with E-state index in [0.29, 0.717) is 29.2 Å². The van der Waals surface area contributed by atoms with Gasteiger partial charge in [0, 0.05) is 11.1 Å². The van der Waals surface area contributed by atoms with E-state index in [-0.39, 0.29) is 18.4 Å². The van der Waals surface area contributed by atoms with Gasteiger partial charge in [0.15, 0.2) is 0 Å². The van der Waals surface area contributed by atoms with Crippen LogP contribution in [-0.4, -0.2) is 35.1 Å². The Labute approximate surface area is 169 Å². The van der Waals surface area contributed by atoms with Gasteiger partial charge in [-0.3, -0.25) is 0 Å². The number of esters is 2. The molecule has 0 unspecified atom stereocenters.